The lowest BCUT2D eigenvalue weighted by molar-refractivity contribution is -0.143. The third-order valence-electron chi connectivity index (χ3n) is 6.58. The molecule has 1 aliphatic carbocycles. The lowest BCUT2D eigenvalue weighted by atomic mass is 9.94. The summed E-state index contributed by atoms with van der Waals surface area (Å²) in [5.74, 6) is 0.911. The van der Waals surface area contributed by atoms with Crippen LogP contribution >= 0.6 is 0 Å². The van der Waals surface area contributed by atoms with Crippen molar-refractivity contribution in [2.45, 2.75) is 109 Å². The van der Waals surface area contributed by atoms with Crippen LogP contribution in [0.25, 0.3) is 0 Å². The maximum absolute atomic E-state index is 14.0. The fraction of sp³-hybridized carbons (Fsp3) is 0.600. The molecule has 1 aliphatic rings. The van der Waals surface area contributed by atoms with Crippen molar-refractivity contribution < 1.29 is 23.9 Å². The predicted molar refractivity (Wildman–Crippen MR) is 150 cm³/mol. The minimum Gasteiger partial charge on any atom is -0.444 e. The highest BCUT2D eigenvalue weighted by atomic mass is 16.6. The molecule has 1 aromatic rings. The number of carbonyl (C=O) groups is 4. The second-order valence-corrected chi connectivity index (χ2v) is 11.1. The van der Waals surface area contributed by atoms with E-state index < -0.39 is 42.0 Å². The molecule has 0 bridgehead atoms. The van der Waals surface area contributed by atoms with Crippen molar-refractivity contribution in [2.75, 3.05) is 6.54 Å². The van der Waals surface area contributed by atoms with E-state index >= 15 is 0 Å². The van der Waals surface area contributed by atoms with Crippen molar-refractivity contribution in [1.82, 2.24) is 15.5 Å². The summed E-state index contributed by atoms with van der Waals surface area (Å²) < 4.78 is 5.33. The number of unbranched alkanes of at least 4 members (excludes halogenated alkanes) is 2. The lowest BCUT2D eigenvalue weighted by Gasteiger charge is -2.35. The van der Waals surface area contributed by atoms with Crippen molar-refractivity contribution in [3.05, 3.63) is 35.4 Å². The number of primary amides is 1. The first-order valence-electron chi connectivity index (χ1n) is 13.9. The number of terminal acetylenes is 1. The average molecular weight is 541 g/mol. The molecule has 0 saturated heterocycles. The van der Waals surface area contributed by atoms with Crippen LogP contribution in [0.15, 0.2) is 24.3 Å². The van der Waals surface area contributed by atoms with Gasteiger partial charge in [0, 0.05) is 18.2 Å². The molecule has 9 heteroatoms. The second kappa shape index (κ2) is 15.2. The Kier molecular flexibility index (Phi) is 12.3. The van der Waals surface area contributed by atoms with E-state index in [0.717, 1.165) is 44.9 Å². The molecule has 0 aliphatic heterocycles. The van der Waals surface area contributed by atoms with Gasteiger partial charge in [-0.05, 0) is 57.7 Å². The topological polar surface area (TPSA) is 131 Å². The van der Waals surface area contributed by atoms with Crippen molar-refractivity contribution >= 4 is 23.8 Å². The summed E-state index contributed by atoms with van der Waals surface area (Å²) in [5.41, 5.74) is 5.88. The van der Waals surface area contributed by atoms with Gasteiger partial charge in [0.2, 0.25) is 17.7 Å². The zero-order chi connectivity index (χ0) is 29.0. The molecule has 2 unspecified atom stereocenters. The third kappa shape index (κ3) is 10.6. The van der Waals surface area contributed by atoms with Crippen LogP contribution in [-0.4, -0.2) is 52.9 Å². The highest BCUT2D eigenvalue weighted by Gasteiger charge is 2.37. The van der Waals surface area contributed by atoms with Crippen LogP contribution in [-0.2, 0) is 19.1 Å². The van der Waals surface area contributed by atoms with Crippen LogP contribution in [0.5, 0.6) is 0 Å². The fourth-order valence-electron chi connectivity index (χ4n) is 4.71. The molecule has 4 amide bonds. The Bertz CT molecular complexity index is 1020. The van der Waals surface area contributed by atoms with Gasteiger partial charge in [0.1, 0.15) is 17.7 Å². The van der Waals surface area contributed by atoms with E-state index in [-0.39, 0.29) is 18.5 Å². The normalized spacial score (nSPS) is 15.4. The fourth-order valence-corrected chi connectivity index (χ4v) is 4.71. The van der Waals surface area contributed by atoms with E-state index in [9.17, 15) is 19.2 Å². The number of hydrogen-bond donors (Lipinski definition) is 3. The standard InChI is InChI=1S/C30H44N4O5/c1-6-8-12-19-34(28(37)24(20-25(31)35)33-29(38)39-30(3,4)5)26(22-17-15-21(7-2)16-18-22)27(36)32-23-13-10-9-11-14-23/h2,15-18,23-24,26H,6,8-14,19-20H2,1,3-5H3,(H2,31,35)(H,32,36)(H,33,38). The highest BCUT2D eigenvalue weighted by molar-refractivity contribution is 5.94. The van der Waals surface area contributed by atoms with Crippen LogP contribution in [0.2, 0.25) is 0 Å². The number of nitrogens with one attached hydrogen (secondary N) is 2. The summed E-state index contributed by atoms with van der Waals surface area (Å²) in [6.07, 6.45) is 11.6. The van der Waals surface area contributed by atoms with E-state index in [2.05, 4.69) is 16.6 Å². The van der Waals surface area contributed by atoms with E-state index in [1.165, 1.54) is 4.90 Å². The second-order valence-electron chi connectivity index (χ2n) is 11.1. The Labute approximate surface area is 232 Å². The van der Waals surface area contributed by atoms with Gasteiger partial charge in [0.15, 0.2) is 0 Å². The summed E-state index contributed by atoms with van der Waals surface area (Å²) in [5, 5.41) is 5.66. The smallest absolute Gasteiger partial charge is 0.408 e. The van der Waals surface area contributed by atoms with E-state index in [0.29, 0.717) is 17.5 Å². The van der Waals surface area contributed by atoms with Crippen molar-refractivity contribution in [3.63, 3.8) is 0 Å². The zero-order valence-electron chi connectivity index (χ0n) is 23.8. The summed E-state index contributed by atoms with van der Waals surface area (Å²) in [4.78, 5) is 53.9. The molecular weight excluding hydrogens is 496 g/mol. The Morgan fingerprint density at radius 3 is 2.28 bits per heavy atom. The summed E-state index contributed by atoms with van der Waals surface area (Å²) in [7, 11) is 0. The minimum absolute atomic E-state index is 0.0210. The van der Waals surface area contributed by atoms with Crippen LogP contribution in [0.4, 0.5) is 4.79 Å². The van der Waals surface area contributed by atoms with Crippen molar-refractivity contribution in [1.29, 1.82) is 0 Å². The maximum atomic E-state index is 14.0. The Morgan fingerprint density at radius 1 is 1.10 bits per heavy atom. The molecule has 0 heterocycles. The Morgan fingerprint density at radius 2 is 1.74 bits per heavy atom. The van der Waals surface area contributed by atoms with Crippen molar-refractivity contribution in [2.24, 2.45) is 5.73 Å². The molecule has 1 aromatic carbocycles. The van der Waals surface area contributed by atoms with E-state index in [1.54, 1.807) is 45.0 Å². The molecule has 1 saturated carbocycles. The Balaban J connectivity index is 2.48. The molecular formula is C30H44N4O5. The van der Waals surface area contributed by atoms with Gasteiger partial charge in [0.05, 0.1) is 6.42 Å². The predicted octanol–water partition coefficient (Wildman–Crippen LogP) is 3.95. The number of nitrogens with zero attached hydrogens (tertiary/aromatic N) is 1. The van der Waals surface area contributed by atoms with Crippen LogP contribution in [0.3, 0.4) is 0 Å². The van der Waals surface area contributed by atoms with Crippen molar-refractivity contribution in [3.8, 4) is 12.3 Å². The van der Waals surface area contributed by atoms with Crippen LogP contribution < -0.4 is 16.4 Å². The number of nitrogens with two attached hydrogens (primary N) is 1. The molecule has 4 N–H and O–H groups in total. The monoisotopic (exact) mass is 540 g/mol. The number of ether oxygens (including phenoxy) is 1. The summed E-state index contributed by atoms with van der Waals surface area (Å²) >= 11 is 0. The van der Waals surface area contributed by atoms with Gasteiger partial charge in [-0.3, -0.25) is 14.4 Å². The molecule has 0 radical (unpaired) electrons. The highest BCUT2D eigenvalue weighted by Crippen LogP contribution is 2.26. The van der Waals surface area contributed by atoms with Gasteiger partial charge in [-0.2, -0.15) is 0 Å². The summed E-state index contributed by atoms with van der Waals surface area (Å²) in [6, 6.07) is 4.67. The average Bonchev–Trinajstić information content (AvgIpc) is 2.87. The van der Waals surface area contributed by atoms with Gasteiger partial charge in [0.25, 0.3) is 0 Å². The SMILES string of the molecule is C#Cc1ccc(C(C(=O)NC2CCCCC2)N(CCCCC)C(=O)C(CC(N)=O)NC(=O)OC(C)(C)C)cc1. The first kappa shape index (κ1) is 31.7. The summed E-state index contributed by atoms with van der Waals surface area (Å²) in [6.45, 7) is 7.37. The third-order valence-corrected chi connectivity index (χ3v) is 6.58. The largest absolute Gasteiger partial charge is 0.444 e. The number of rotatable bonds is 12. The molecule has 1 fully saturated rings. The number of amides is 4. The Hall–Kier alpha value is -3.54. The zero-order valence-corrected chi connectivity index (χ0v) is 23.8. The number of hydrogen-bond acceptors (Lipinski definition) is 5. The maximum Gasteiger partial charge on any atom is 0.408 e. The molecule has 0 aromatic heterocycles. The molecule has 2 rings (SSSR count). The van der Waals surface area contributed by atoms with E-state index in [4.69, 9.17) is 16.9 Å². The quantitative estimate of drug-likeness (QED) is 0.273. The van der Waals surface area contributed by atoms with Gasteiger partial charge in [-0.1, -0.05) is 57.1 Å². The van der Waals surface area contributed by atoms with Crippen LogP contribution in [0, 0.1) is 12.3 Å². The minimum atomic E-state index is -1.30. The van der Waals surface area contributed by atoms with E-state index in [1.807, 2.05) is 6.92 Å². The molecule has 39 heavy (non-hydrogen) atoms. The number of carbonyl (C=O) groups excluding carboxylic acids is 4. The van der Waals surface area contributed by atoms with Gasteiger partial charge < -0.3 is 26.0 Å². The van der Waals surface area contributed by atoms with Crippen LogP contribution in [0.1, 0.15) is 103 Å². The van der Waals surface area contributed by atoms with Gasteiger partial charge >= 0.3 is 6.09 Å². The number of alkyl carbamates (subject to hydrolysis) is 1. The molecule has 214 valence electrons. The first-order chi connectivity index (χ1) is 18.4. The number of benzene rings is 1. The lowest BCUT2D eigenvalue weighted by Crippen LogP contribution is -2.55. The van der Waals surface area contributed by atoms with Gasteiger partial charge in [-0.25, -0.2) is 4.79 Å². The first-order valence-corrected chi connectivity index (χ1v) is 13.9. The molecule has 9 nitrogen and oxygen atoms in total. The molecule has 0 spiro atoms. The van der Waals surface area contributed by atoms with Gasteiger partial charge in [-0.15, -0.1) is 6.42 Å². The molecule has 2 atom stereocenters.